The molecule has 0 aromatic carbocycles. The average molecular weight is 467 g/mol. The maximum absolute atomic E-state index is 10.5. The normalized spacial score (nSPS) is 9.07. The summed E-state index contributed by atoms with van der Waals surface area (Å²) in [6, 6.07) is 0.329. The van der Waals surface area contributed by atoms with E-state index in [1.54, 1.807) is 7.05 Å². The minimum atomic E-state index is -0.588. The molecule has 1 amide bonds. The van der Waals surface area contributed by atoms with Gasteiger partial charge in [-0.15, -0.1) is 5.43 Å². The van der Waals surface area contributed by atoms with Gasteiger partial charge < -0.3 is 9.47 Å². The Morgan fingerprint density at radius 3 is 2.07 bits per heavy atom. The van der Waals surface area contributed by atoms with Gasteiger partial charge in [0.25, 0.3) is 0 Å². The molecule has 0 saturated heterocycles. The standard InChI is InChI=1S/C5H11N3O3.2HI.V/c1-6-4(10-2)7-8-5(9)11-3;;;/h1-3H3,(H,6,7)(H,8,9);2*1H;/q;;;+2/p-1. The molecular formula is C5H12I2N3O3V+. The average Bonchev–Trinajstić information content (AvgIpc) is 2.20. The molecule has 0 spiro atoms. The Morgan fingerprint density at radius 2 is 1.79 bits per heavy atom. The molecule has 9 heteroatoms. The second kappa shape index (κ2) is 13.6. The van der Waals surface area contributed by atoms with Crippen LogP contribution >= 0.6 is 40.0 Å². The first-order chi connectivity index (χ1) is 6.65. The Kier molecular flexibility index (Phi) is 16.5. The Labute approximate surface area is 112 Å². The summed E-state index contributed by atoms with van der Waals surface area (Å²) in [6.45, 7) is 0. The third-order valence-electron chi connectivity index (χ3n) is 0.895. The fourth-order valence-electron chi connectivity index (χ4n) is 0.374. The quantitative estimate of drug-likeness (QED) is 0.192. The van der Waals surface area contributed by atoms with Crippen LogP contribution in [0.25, 0.3) is 0 Å². The maximum atomic E-state index is 10.5. The number of ether oxygens (including phenoxy) is 2. The summed E-state index contributed by atoms with van der Waals surface area (Å²) < 4.78 is 9.00. The summed E-state index contributed by atoms with van der Waals surface area (Å²) in [5.74, 6) is 0. The van der Waals surface area contributed by atoms with Gasteiger partial charge in [-0.1, -0.05) is 0 Å². The van der Waals surface area contributed by atoms with Crippen molar-refractivity contribution in [1.82, 2.24) is 10.9 Å². The Morgan fingerprint density at radius 1 is 1.29 bits per heavy atom. The van der Waals surface area contributed by atoms with Crippen molar-refractivity contribution in [2.45, 2.75) is 0 Å². The number of rotatable bonds is 0. The van der Waals surface area contributed by atoms with Gasteiger partial charge in [-0.05, 0) is 0 Å². The predicted octanol–water partition coefficient (Wildman–Crippen LogP) is -0.671. The number of hydrazine groups is 1. The molecule has 0 aromatic heterocycles. The molecule has 6 nitrogen and oxygen atoms in total. The van der Waals surface area contributed by atoms with E-state index in [1.165, 1.54) is 14.2 Å². The van der Waals surface area contributed by atoms with Crippen LogP contribution in [0.1, 0.15) is 0 Å². The molecular weight excluding hydrogens is 455 g/mol. The van der Waals surface area contributed by atoms with E-state index in [0.717, 1.165) is 0 Å². The molecule has 83 valence electrons. The Hall–Kier alpha value is 0.584. The number of amides is 1. The summed E-state index contributed by atoms with van der Waals surface area (Å²) in [6.07, 6.45) is -0.588. The molecule has 3 N–H and O–H groups in total. The van der Waals surface area contributed by atoms with Gasteiger partial charge >= 0.3 is 61.5 Å². The first-order valence-corrected chi connectivity index (χ1v) is 12.3. The number of nitrogens with one attached hydrogen (secondary N) is 3. The second-order valence-electron chi connectivity index (χ2n) is 1.59. The molecule has 0 radical (unpaired) electrons. The zero-order chi connectivity index (χ0) is 11.4. The summed E-state index contributed by atoms with van der Waals surface area (Å²) in [5.41, 5.74) is 4.63. The van der Waals surface area contributed by atoms with E-state index in [1.807, 2.05) is 0 Å². The van der Waals surface area contributed by atoms with Crippen LogP contribution in [-0.2, 0) is 18.9 Å². The third kappa shape index (κ3) is 12.6. The fourth-order valence-corrected chi connectivity index (χ4v) is 0.374. The van der Waals surface area contributed by atoms with E-state index in [-0.39, 0.29) is 0 Å². The molecule has 14 heavy (non-hydrogen) atoms. The van der Waals surface area contributed by atoms with Crippen molar-refractivity contribution in [3.8, 4) is 0 Å². The van der Waals surface area contributed by atoms with Crippen LogP contribution in [0.2, 0.25) is 0 Å². The molecule has 0 aromatic rings. The number of amidine groups is 1. The third-order valence-corrected chi connectivity index (χ3v) is 0.895. The molecule has 0 fully saturated rings. The van der Waals surface area contributed by atoms with Crippen molar-refractivity contribution in [2.24, 2.45) is 0 Å². The summed E-state index contributed by atoms with van der Waals surface area (Å²) in [7, 11) is 4.99. The predicted molar refractivity (Wildman–Crippen MR) is 65.6 cm³/mol. The molecule has 0 atom stereocenters. The van der Waals surface area contributed by atoms with E-state index in [9.17, 15) is 4.79 Å². The summed E-state index contributed by atoms with van der Waals surface area (Å²) in [4.78, 5) is 13.1. The van der Waals surface area contributed by atoms with Gasteiger partial charge in [0.15, 0.2) is 0 Å². The van der Waals surface area contributed by atoms with Crippen molar-refractivity contribution < 1.29 is 28.7 Å². The SMILES string of the molecule is C[NH+]=C(NNC(=O)OC)OC.[I][V][I]. The molecule has 0 saturated carbocycles. The van der Waals surface area contributed by atoms with E-state index >= 15 is 0 Å². The van der Waals surface area contributed by atoms with Crippen molar-refractivity contribution >= 4 is 52.1 Å². The van der Waals surface area contributed by atoms with Gasteiger partial charge in [0.1, 0.15) is 0 Å². The fraction of sp³-hybridized carbons (Fsp3) is 0.600. The van der Waals surface area contributed by atoms with Crippen molar-refractivity contribution in [2.75, 3.05) is 21.3 Å². The Balaban J connectivity index is 0. The minimum absolute atomic E-state index is 0.329. The van der Waals surface area contributed by atoms with Gasteiger partial charge in [0, 0.05) is 0 Å². The molecule has 0 rings (SSSR count). The van der Waals surface area contributed by atoms with E-state index in [0.29, 0.717) is 15.5 Å². The van der Waals surface area contributed by atoms with Crippen LogP contribution in [0.4, 0.5) is 4.79 Å². The number of halogens is 2. The first-order valence-electron chi connectivity index (χ1n) is 3.27. The number of carbonyl (C=O) groups is 1. The monoisotopic (exact) mass is 467 g/mol. The van der Waals surface area contributed by atoms with Gasteiger partial charge in [-0.25, -0.2) is 9.79 Å². The van der Waals surface area contributed by atoms with E-state index in [2.05, 4.69) is 60.5 Å². The number of carbonyl (C=O) groups excluding carboxylic acids is 1. The first kappa shape index (κ1) is 17.0. The van der Waals surface area contributed by atoms with Crippen LogP contribution in [-0.4, -0.2) is 33.4 Å². The van der Waals surface area contributed by atoms with Crippen molar-refractivity contribution in [3.05, 3.63) is 0 Å². The van der Waals surface area contributed by atoms with Crippen molar-refractivity contribution in [1.29, 1.82) is 0 Å². The van der Waals surface area contributed by atoms with Crippen molar-refractivity contribution in [3.63, 3.8) is 0 Å². The molecule has 0 aliphatic carbocycles. The number of hydrogen-bond acceptors (Lipinski definition) is 3. The van der Waals surface area contributed by atoms with Gasteiger partial charge in [-0.3, -0.25) is 0 Å². The van der Waals surface area contributed by atoms with Crippen LogP contribution in [0, 0.1) is 0 Å². The topological polar surface area (TPSA) is 73.6 Å². The molecule has 0 aliphatic rings. The molecule has 0 heterocycles. The number of methoxy groups -OCH3 is 2. The zero-order valence-electron chi connectivity index (χ0n) is 7.93. The molecule has 0 unspecified atom stereocenters. The van der Waals surface area contributed by atoms with E-state index < -0.39 is 6.09 Å². The van der Waals surface area contributed by atoms with Gasteiger partial charge in [0.05, 0.1) is 21.3 Å². The Bertz CT molecular complexity index is 182. The number of hydrogen-bond donors (Lipinski definition) is 3. The van der Waals surface area contributed by atoms with Crippen LogP contribution < -0.4 is 15.8 Å². The van der Waals surface area contributed by atoms with E-state index in [4.69, 9.17) is 4.74 Å². The second-order valence-corrected chi connectivity index (χ2v) is 13.4. The molecule has 0 aliphatic heterocycles. The van der Waals surface area contributed by atoms with Crippen LogP contribution in [0.3, 0.4) is 0 Å². The van der Waals surface area contributed by atoms with Gasteiger partial charge in [-0.2, -0.15) is 5.43 Å². The van der Waals surface area contributed by atoms with Crippen LogP contribution in [0.15, 0.2) is 0 Å². The summed E-state index contributed by atoms with van der Waals surface area (Å²) >= 11 is 4.74. The zero-order valence-corrected chi connectivity index (χ0v) is 13.6. The molecule has 0 bridgehead atoms. The summed E-state index contributed by atoms with van der Waals surface area (Å²) in [5, 5.41) is 0. The van der Waals surface area contributed by atoms with Gasteiger partial charge in [0.2, 0.25) is 0 Å². The van der Waals surface area contributed by atoms with Crippen LogP contribution in [0.5, 0.6) is 0 Å².